The van der Waals surface area contributed by atoms with Gasteiger partial charge in [0.2, 0.25) is 0 Å². The van der Waals surface area contributed by atoms with Gasteiger partial charge in [-0.25, -0.2) is 4.79 Å². The van der Waals surface area contributed by atoms with E-state index in [9.17, 15) is 19.2 Å². The summed E-state index contributed by atoms with van der Waals surface area (Å²) in [5, 5.41) is 6.37. The van der Waals surface area contributed by atoms with Crippen LogP contribution in [0.15, 0.2) is 0 Å². The highest BCUT2D eigenvalue weighted by molar-refractivity contribution is 6.07. The van der Waals surface area contributed by atoms with Gasteiger partial charge in [0.05, 0.1) is 6.54 Å². The Morgan fingerprint density at radius 2 is 1.69 bits per heavy atom. The minimum absolute atomic E-state index is 0.0374. The lowest BCUT2D eigenvalue weighted by molar-refractivity contribution is -0.152. The van der Waals surface area contributed by atoms with E-state index in [1.54, 1.807) is 6.92 Å². The van der Waals surface area contributed by atoms with Crippen molar-refractivity contribution in [1.29, 1.82) is 0 Å². The molecular weight excluding hydrogens is 338 g/mol. The number of rotatable bonds is 5. The molecule has 0 aromatic rings. The van der Waals surface area contributed by atoms with Gasteiger partial charge in [-0.2, -0.15) is 0 Å². The Balaban J connectivity index is 2.11. The molecule has 2 heterocycles. The first-order valence-electron chi connectivity index (χ1n) is 8.88. The summed E-state index contributed by atoms with van der Waals surface area (Å²) in [4.78, 5) is 49.2. The third kappa shape index (κ3) is 4.41. The maximum atomic E-state index is 13.1. The number of hydrogen-bond donors (Lipinski definition) is 2. The average Bonchev–Trinajstić information content (AvgIpc) is 2.57. The molecule has 1 unspecified atom stereocenters. The molecule has 0 bridgehead atoms. The van der Waals surface area contributed by atoms with E-state index < -0.39 is 23.6 Å². The summed E-state index contributed by atoms with van der Waals surface area (Å²) in [5.74, 6) is -1.24. The normalized spacial score (nSPS) is 24.3. The zero-order valence-corrected chi connectivity index (χ0v) is 16.4. The second-order valence-electron chi connectivity index (χ2n) is 8.85. The summed E-state index contributed by atoms with van der Waals surface area (Å²) >= 11 is 0. The quantitative estimate of drug-likeness (QED) is 0.429. The number of carbonyl (C=O) groups excluding carboxylic acids is 4. The van der Waals surface area contributed by atoms with Gasteiger partial charge in [-0.05, 0) is 54.4 Å². The van der Waals surface area contributed by atoms with Gasteiger partial charge in [0.15, 0.2) is 0 Å². The first-order chi connectivity index (χ1) is 11.8. The van der Waals surface area contributed by atoms with Crippen molar-refractivity contribution in [2.24, 2.45) is 0 Å². The molecule has 1 spiro atoms. The fourth-order valence-electron chi connectivity index (χ4n) is 4.42. The standard InChI is InChI=1S/C18H29N3O5/c1-11(22)7-13(23)26-12(2)8-21-14(24)18(19-15(21)25)9-16(3,4)20-17(5,6)10-18/h12,20H,7-10H2,1-6H3,(H,19,25). The first kappa shape index (κ1) is 20.4. The average molecular weight is 367 g/mol. The van der Waals surface area contributed by atoms with Crippen molar-refractivity contribution in [3.05, 3.63) is 0 Å². The fraction of sp³-hybridized carbons (Fsp3) is 0.778. The molecule has 26 heavy (non-hydrogen) atoms. The van der Waals surface area contributed by atoms with Crippen LogP contribution >= 0.6 is 0 Å². The number of esters is 1. The van der Waals surface area contributed by atoms with Gasteiger partial charge in [0.1, 0.15) is 23.8 Å². The molecule has 146 valence electrons. The van der Waals surface area contributed by atoms with Crippen molar-refractivity contribution in [3.8, 4) is 0 Å². The van der Waals surface area contributed by atoms with Crippen molar-refractivity contribution in [2.75, 3.05) is 6.54 Å². The van der Waals surface area contributed by atoms with Crippen LogP contribution in [0.25, 0.3) is 0 Å². The number of piperidine rings is 1. The third-order valence-corrected chi connectivity index (χ3v) is 4.58. The highest BCUT2D eigenvalue weighted by Gasteiger charge is 2.58. The molecule has 0 radical (unpaired) electrons. The van der Waals surface area contributed by atoms with Gasteiger partial charge in [-0.15, -0.1) is 0 Å². The fourth-order valence-corrected chi connectivity index (χ4v) is 4.42. The molecule has 8 nitrogen and oxygen atoms in total. The first-order valence-corrected chi connectivity index (χ1v) is 8.88. The summed E-state index contributed by atoms with van der Waals surface area (Å²) in [7, 11) is 0. The van der Waals surface area contributed by atoms with Crippen LogP contribution in [0, 0.1) is 0 Å². The van der Waals surface area contributed by atoms with Crippen molar-refractivity contribution in [1.82, 2.24) is 15.5 Å². The zero-order valence-electron chi connectivity index (χ0n) is 16.4. The molecule has 0 aliphatic carbocycles. The Morgan fingerprint density at radius 1 is 1.15 bits per heavy atom. The molecule has 1 atom stereocenters. The smallest absolute Gasteiger partial charge is 0.325 e. The van der Waals surface area contributed by atoms with Crippen LogP contribution in [-0.2, 0) is 19.1 Å². The van der Waals surface area contributed by atoms with Crippen LogP contribution in [0.2, 0.25) is 0 Å². The maximum absolute atomic E-state index is 13.1. The lowest BCUT2D eigenvalue weighted by Crippen LogP contribution is -2.68. The number of urea groups is 1. The van der Waals surface area contributed by atoms with Crippen LogP contribution in [0.5, 0.6) is 0 Å². The molecule has 8 heteroatoms. The summed E-state index contributed by atoms with van der Waals surface area (Å²) in [6, 6.07) is -0.474. The highest BCUT2D eigenvalue weighted by Crippen LogP contribution is 2.39. The van der Waals surface area contributed by atoms with Gasteiger partial charge in [-0.1, -0.05) is 0 Å². The number of ketones is 1. The monoisotopic (exact) mass is 367 g/mol. The van der Waals surface area contributed by atoms with E-state index in [0.29, 0.717) is 12.8 Å². The lowest BCUT2D eigenvalue weighted by atomic mass is 9.71. The number of ether oxygens (including phenoxy) is 1. The Morgan fingerprint density at radius 3 is 2.19 bits per heavy atom. The summed E-state index contributed by atoms with van der Waals surface area (Å²) in [5.41, 5.74) is -1.60. The van der Waals surface area contributed by atoms with E-state index in [2.05, 4.69) is 10.6 Å². The Bertz CT molecular complexity index is 625. The van der Waals surface area contributed by atoms with E-state index in [1.807, 2.05) is 27.7 Å². The van der Waals surface area contributed by atoms with Gasteiger partial charge in [0.25, 0.3) is 5.91 Å². The largest absolute Gasteiger partial charge is 0.460 e. The summed E-state index contributed by atoms with van der Waals surface area (Å²) in [6.45, 7) is 10.9. The second-order valence-corrected chi connectivity index (χ2v) is 8.85. The number of nitrogens with one attached hydrogen (secondary N) is 2. The van der Waals surface area contributed by atoms with Crippen LogP contribution in [0.1, 0.15) is 60.8 Å². The Hall–Kier alpha value is -1.96. The van der Waals surface area contributed by atoms with Gasteiger partial charge in [0, 0.05) is 11.1 Å². The molecule has 2 saturated heterocycles. The van der Waals surface area contributed by atoms with Crippen molar-refractivity contribution in [3.63, 3.8) is 0 Å². The molecule has 2 rings (SSSR count). The molecule has 0 aromatic carbocycles. The molecule has 3 amide bonds. The summed E-state index contributed by atoms with van der Waals surface area (Å²) < 4.78 is 5.13. The molecule has 0 saturated carbocycles. The minimum atomic E-state index is -0.960. The highest BCUT2D eigenvalue weighted by atomic mass is 16.5. The van der Waals surface area contributed by atoms with Crippen molar-refractivity contribution < 1.29 is 23.9 Å². The molecule has 2 aliphatic heterocycles. The maximum Gasteiger partial charge on any atom is 0.325 e. The van der Waals surface area contributed by atoms with Crippen molar-refractivity contribution in [2.45, 2.75) is 83.5 Å². The SMILES string of the molecule is CC(=O)CC(=O)OC(C)CN1C(=O)NC2(CC(C)(C)NC(C)(C)C2)C1=O. The van der Waals surface area contributed by atoms with E-state index in [1.165, 1.54) is 6.92 Å². The number of amides is 3. The molecule has 0 aromatic heterocycles. The Labute approximate surface area is 154 Å². The second kappa shape index (κ2) is 6.64. The van der Waals surface area contributed by atoms with E-state index in [-0.39, 0.29) is 35.7 Å². The van der Waals surface area contributed by atoms with Gasteiger partial charge in [-0.3, -0.25) is 19.3 Å². The van der Waals surface area contributed by atoms with Gasteiger partial charge < -0.3 is 15.4 Å². The van der Waals surface area contributed by atoms with E-state index in [0.717, 1.165) is 4.90 Å². The third-order valence-electron chi connectivity index (χ3n) is 4.58. The van der Waals surface area contributed by atoms with Crippen molar-refractivity contribution >= 4 is 23.7 Å². The molecule has 2 N–H and O–H groups in total. The van der Waals surface area contributed by atoms with Crippen LogP contribution in [-0.4, -0.2) is 57.9 Å². The van der Waals surface area contributed by atoms with E-state index in [4.69, 9.17) is 4.74 Å². The predicted molar refractivity (Wildman–Crippen MR) is 94.4 cm³/mol. The Kier molecular flexibility index (Phi) is 5.20. The predicted octanol–water partition coefficient (Wildman–Crippen LogP) is 1.13. The minimum Gasteiger partial charge on any atom is -0.460 e. The number of imide groups is 1. The topological polar surface area (TPSA) is 105 Å². The number of hydrogen-bond acceptors (Lipinski definition) is 6. The van der Waals surface area contributed by atoms with Crippen LogP contribution < -0.4 is 10.6 Å². The number of Topliss-reactive ketones (excluding diaryl/α,β-unsaturated/α-hetero) is 1. The van der Waals surface area contributed by atoms with Crippen LogP contribution in [0.3, 0.4) is 0 Å². The zero-order chi connectivity index (χ0) is 19.9. The lowest BCUT2D eigenvalue weighted by Gasteiger charge is -2.50. The van der Waals surface area contributed by atoms with Crippen LogP contribution in [0.4, 0.5) is 4.79 Å². The number of carbonyl (C=O) groups is 4. The molecule has 2 aliphatic rings. The van der Waals surface area contributed by atoms with E-state index >= 15 is 0 Å². The number of nitrogens with zero attached hydrogens (tertiary/aromatic N) is 1. The summed E-state index contributed by atoms with van der Waals surface area (Å²) in [6.07, 6.45) is -0.0523. The van der Waals surface area contributed by atoms with Gasteiger partial charge >= 0.3 is 12.0 Å². The molecular formula is C18H29N3O5. The molecule has 2 fully saturated rings.